The summed E-state index contributed by atoms with van der Waals surface area (Å²) in [6, 6.07) is 15.2. The highest BCUT2D eigenvalue weighted by Gasteiger charge is 2.14. The number of halogens is 2. The standard InChI is InChI=1S/C16H11Cl2N3/c17-8-7-16-20-13-6-5-12(18)9-15(13)21(16)14-4-2-1-3-11(14)10-19/h1-6,9H,7-8H2. The number of hydrogen-bond donors (Lipinski definition) is 0. The van der Waals surface area contributed by atoms with Gasteiger partial charge in [-0.25, -0.2) is 4.98 Å². The average Bonchev–Trinajstić information content (AvgIpc) is 2.84. The van der Waals surface area contributed by atoms with Gasteiger partial charge in [-0.15, -0.1) is 11.6 Å². The van der Waals surface area contributed by atoms with Crippen molar-refractivity contribution in [3.63, 3.8) is 0 Å². The van der Waals surface area contributed by atoms with E-state index in [2.05, 4.69) is 11.1 Å². The van der Waals surface area contributed by atoms with Gasteiger partial charge in [-0.2, -0.15) is 5.26 Å². The Balaban J connectivity index is 2.36. The van der Waals surface area contributed by atoms with E-state index in [0.717, 1.165) is 22.5 Å². The SMILES string of the molecule is N#Cc1ccccc1-n1c(CCCl)nc2ccc(Cl)cc21. The molecular formula is C16H11Cl2N3. The minimum atomic E-state index is 0.464. The van der Waals surface area contributed by atoms with Crippen LogP contribution in [0.25, 0.3) is 16.7 Å². The van der Waals surface area contributed by atoms with E-state index in [9.17, 15) is 5.26 Å². The molecule has 3 aromatic rings. The number of aromatic nitrogens is 2. The predicted octanol–water partition coefficient (Wildman–Crippen LogP) is 4.33. The fourth-order valence-corrected chi connectivity index (χ4v) is 2.72. The number of benzene rings is 2. The van der Waals surface area contributed by atoms with Crippen LogP contribution in [0.1, 0.15) is 11.4 Å². The molecule has 0 N–H and O–H groups in total. The Hall–Kier alpha value is -2.02. The van der Waals surface area contributed by atoms with E-state index in [1.54, 1.807) is 6.07 Å². The zero-order chi connectivity index (χ0) is 14.8. The highest BCUT2D eigenvalue weighted by Crippen LogP contribution is 2.26. The fourth-order valence-electron chi connectivity index (χ4n) is 2.38. The van der Waals surface area contributed by atoms with Gasteiger partial charge < -0.3 is 0 Å². The molecule has 0 aliphatic rings. The summed E-state index contributed by atoms with van der Waals surface area (Å²) in [6.45, 7) is 0. The summed E-state index contributed by atoms with van der Waals surface area (Å²) < 4.78 is 1.96. The van der Waals surface area contributed by atoms with Crippen LogP contribution in [-0.4, -0.2) is 15.4 Å². The van der Waals surface area contributed by atoms with Crippen LogP contribution >= 0.6 is 23.2 Å². The Morgan fingerprint density at radius 1 is 1.19 bits per heavy atom. The van der Waals surface area contributed by atoms with Crippen molar-refractivity contribution in [2.45, 2.75) is 6.42 Å². The van der Waals surface area contributed by atoms with E-state index < -0.39 is 0 Å². The first-order valence-electron chi connectivity index (χ1n) is 6.47. The van der Waals surface area contributed by atoms with Crippen LogP contribution in [0.3, 0.4) is 0 Å². The molecule has 2 aromatic carbocycles. The molecule has 0 aliphatic carbocycles. The molecule has 21 heavy (non-hydrogen) atoms. The zero-order valence-corrected chi connectivity index (χ0v) is 12.6. The highest BCUT2D eigenvalue weighted by molar-refractivity contribution is 6.31. The quantitative estimate of drug-likeness (QED) is 0.675. The lowest BCUT2D eigenvalue weighted by Crippen LogP contribution is -2.04. The van der Waals surface area contributed by atoms with E-state index >= 15 is 0 Å². The van der Waals surface area contributed by atoms with E-state index in [-0.39, 0.29) is 0 Å². The van der Waals surface area contributed by atoms with Gasteiger partial charge in [-0.3, -0.25) is 4.57 Å². The number of nitriles is 1. The zero-order valence-electron chi connectivity index (χ0n) is 11.1. The van der Waals surface area contributed by atoms with Crippen molar-refractivity contribution in [2.24, 2.45) is 0 Å². The predicted molar refractivity (Wildman–Crippen MR) is 85.2 cm³/mol. The summed E-state index contributed by atoms with van der Waals surface area (Å²) in [6.07, 6.45) is 0.619. The molecule has 0 amide bonds. The van der Waals surface area contributed by atoms with Gasteiger partial charge >= 0.3 is 0 Å². The summed E-state index contributed by atoms with van der Waals surface area (Å²) in [5.41, 5.74) is 3.11. The van der Waals surface area contributed by atoms with Gasteiger partial charge in [0.15, 0.2) is 0 Å². The van der Waals surface area contributed by atoms with E-state index in [1.165, 1.54) is 0 Å². The molecule has 3 nitrogen and oxygen atoms in total. The van der Waals surface area contributed by atoms with Crippen LogP contribution in [0.15, 0.2) is 42.5 Å². The Morgan fingerprint density at radius 2 is 2.00 bits per heavy atom. The van der Waals surface area contributed by atoms with Crippen molar-refractivity contribution < 1.29 is 0 Å². The minimum absolute atomic E-state index is 0.464. The van der Waals surface area contributed by atoms with Crippen molar-refractivity contribution in [1.29, 1.82) is 5.26 Å². The Morgan fingerprint density at radius 3 is 2.76 bits per heavy atom. The van der Waals surface area contributed by atoms with Crippen LogP contribution in [-0.2, 0) is 6.42 Å². The molecule has 1 aromatic heterocycles. The van der Waals surface area contributed by atoms with Crippen LogP contribution in [0, 0.1) is 11.3 Å². The Bertz CT molecular complexity index is 846. The van der Waals surface area contributed by atoms with Gasteiger partial charge in [0.05, 0.1) is 22.3 Å². The van der Waals surface area contributed by atoms with Gasteiger partial charge in [0, 0.05) is 17.3 Å². The van der Waals surface area contributed by atoms with E-state index in [0.29, 0.717) is 22.9 Å². The Kier molecular flexibility index (Phi) is 3.83. The number of rotatable bonds is 3. The molecule has 0 bridgehead atoms. The third kappa shape index (κ3) is 2.49. The molecule has 0 aliphatic heterocycles. The fraction of sp³-hybridized carbons (Fsp3) is 0.125. The van der Waals surface area contributed by atoms with Crippen LogP contribution in [0.4, 0.5) is 0 Å². The molecule has 5 heteroatoms. The minimum Gasteiger partial charge on any atom is -0.295 e. The lowest BCUT2D eigenvalue weighted by Gasteiger charge is -2.10. The molecule has 0 spiro atoms. The summed E-state index contributed by atoms with van der Waals surface area (Å²) >= 11 is 12.0. The molecule has 0 atom stereocenters. The second kappa shape index (κ2) is 5.77. The molecule has 1 heterocycles. The van der Waals surface area contributed by atoms with Crippen LogP contribution < -0.4 is 0 Å². The monoisotopic (exact) mass is 315 g/mol. The van der Waals surface area contributed by atoms with Gasteiger partial charge in [-0.05, 0) is 30.3 Å². The van der Waals surface area contributed by atoms with Crippen LogP contribution in [0.5, 0.6) is 0 Å². The first kappa shape index (κ1) is 13.9. The molecule has 3 rings (SSSR count). The number of para-hydroxylation sites is 1. The second-order valence-corrected chi connectivity index (χ2v) is 5.38. The van der Waals surface area contributed by atoms with Gasteiger partial charge in [0.2, 0.25) is 0 Å². The molecule has 0 fully saturated rings. The number of aryl methyl sites for hydroxylation is 1. The van der Waals surface area contributed by atoms with Crippen molar-refractivity contribution in [3.05, 3.63) is 58.9 Å². The first-order chi connectivity index (χ1) is 10.2. The second-order valence-electron chi connectivity index (χ2n) is 4.56. The number of nitrogens with zero attached hydrogens (tertiary/aromatic N) is 3. The van der Waals surface area contributed by atoms with Gasteiger partial charge in [0.1, 0.15) is 11.9 Å². The van der Waals surface area contributed by atoms with E-state index in [4.69, 9.17) is 23.2 Å². The summed E-state index contributed by atoms with van der Waals surface area (Å²) in [5.74, 6) is 1.29. The lowest BCUT2D eigenvalue weighted by molar-refractivity contribution is 0.910. The third-order valence-electron chi connectivity index (χ3n) is 3.27. The molecule has 104 valence electrons. The number of fused-ring (bicyclic) bond motifs is 1. The van der Waals surface area contributed by atoms with Crippen molar-refractivity contribution in [1.82, 2.24) is 9.55 Å². The number of alkyl halides is 1. The molecule has 0 saturated carbocycles. The maximum Gasteiger partial charge on any atom is 0.115 e. The van der Waals surface area contributed by atoms with Gasteiger partial charge in [0.25, 0.3) is 0 Å². The molecular weight excluding hydrogens is 305 g/mol. The van der Waals surface area contributed by atoms with Crippen LogP contribution in [0.2, 0.25) is 5.02 Å². The summed E-state index contributed by atoms with van der Waals surface area (Å²) in [7, 11) is 0. The first-order valence-corrected chi connectivity index (χ1v) is 7.38. The molecule has 0 saturated heterocycles. The van der Waals surface area contributed by atoms with Crippen molar-refractivity contribution in [2.75, 3.05) is 5.88 Å². The van der Waals surface area contributed by atoms with Crippen molar-refractivity contribution >= 4 is 34.2 Å². The normalized spacial score (nSPS) is 10.7. The summed E-state index contributed by atoms with van der Waals surface area (Å²) in [4.78, 5) is 4.61. The largest absolute Gasteiger partial charge is 0.295 e. The number of imidazole rings is 1. The maximum atomic E-state index is 9.33. The third-order valence-corrected chi connectivity index (χ3v) is 3.69. The Labute approximate surface area is 132 Å². The smallest absolute Gasteiger partial charge is 0.115 e. The van der Waals surface area contributed by atoms with Gasteiger partial charge in [-0.1, -0.05) is 23.7 Å². The highest BCUT2D eigenvalue weighted by atomic mass is 35.5. The molecule has 0 unspecified atom stereocenters. The van der Waals surface area contributed by atoms with E-state index in [1.807, 2.05) is 41.0 Å². The topological polar surface area (TPSA) is 41.6 Å². The number of hydrogen-bond acceptors (Lipinski definition) is 2. The maximum absolute atomic E-state index is 9.33. The average molecular weight is 316 g/mol. The molecule has 0 radical (unpaired) electrons. The van der Waals surface area contributed by atoms with Crippen molar-refractivity contribution in [3.8, 4) is 11.8 Å². The lowest BCUT2D eigenvalue weighted by atomic mass is 10.2. The summed E-state index contributed by atoms with van der Waals surface area (Å²) in [5, 5.41) is 9.96.